The highest BCUT2D eigenvalue weighted by molar-refractivity contribution is 7.18. The van der Waals surface area contributed by atoms with Gasteiger partial charge in [-0.05, 0) is 126 Å². The van der Waals surface area contributed by atoms with Crippen LogP contribution in [-0.4, -0.2) is 175 Å². The number of halogens is 4. The van der Waals surface area contributed by atoms with Crippen LogP contribution in [0.4, 0.5) is 33.1 Å². The highest BCUT2D eigenvalue weighted by Crippen LogP contribution is 2.34. The SMILES string of the molecule is CC(C)(C)OC(=O)N1CCC[C@@H]1C(=O)N1CCN(c2nc(NCc3ccc(Cl)cc3Cl)c3sccc3n2)CC1C(=O)O.COC(=O)C1CN(c2nc(NCc3ccc(Cl)cc3Cl)c3sccc3n2)CCN1C(=O)[C@H]1CCCN1C(=O)OC(C)(C)C. The number of hydrogen-bond acceptors (Lipinski definition) is 19. The number of aromatic nitrogens is 4. The number of nitrogens with one attached hydrogen (secondary N) is 2. The van der Waals surface area contributed by atoms with Gasteiger partial charge in [0.25, 0.3) is 0 Å². The normalized spacial score (nSPS) is 19.2. The first-order valence-electron chi connectivity index (χ1n) is 27.6. The number of methoxy groups -OCH3 is 1. The van der Waals surface area contributed by atoms with Gasteiger partial charge in [-0.3, -0.25) is 19.4 Å². The Morgan fingerprint density at radius 3 is 1.40 bits per heavy atom. The lowest BCUT2D eigenvalue weighted by Crippen LogP contribution is -2.62. The van der Waals surface area contributed by atoms with Gasteiger partial charge in [0.05, 0.1) is 40.6 Å². The second kappa shape index (κ2) is 26.5. The van der Waals surface area contributed by atoms with Crippen LogP contribution in [0.25, 0.3) is 20.4 Å². The Balaban J connectivity index is 0.000000204. The molecule has 4 amide bonds. The van der Waals surface area contributed by atoms with Crippen molar-refractivity contribution in [1.82, 2.24) is 39.5 Å². The number of carboxylic acid groups (broad SMARTS) is 1. The molecule has 4 atom stereocenters. The molecule has 85 heavy (non-hydrogen) atoms. The van der Waals surface area contributed by atoms with E-state index in [2.05, 4.69) is 10.6 Å². The lowest BCUT2D eigenvalue weighted by molar-refractivity contribution is -0.155. The van der Waals surface area contributed by atoms with E-state index in [-0.39, 0.29) is 38.0 Å². The molecule has 0 spiro atoms. The Morgan fingerprint density at radius 2 is 1.00 bits per heavy atom. The second-order valence-electron chi connectivity index (χ2n) is 22.7. The molecule has 2 unspecified atom stereocenters. The highest BCUT2D eigenvalue weighted by atomic mass is 35.5. The van der Waals surface area contributed by atoms with E-state index in [0.29, 0.717) is 109 Å². The molecule has 4 aromatic heterocycles. The Labute approximate surface area is 519 Å². The van der Waals surface area contributed by atoms with Gasteiger partial charge in [-0.1, -0.05) is 58.5 Å². The Bertz CT molecular complexity index is 3490. The third kappa shape index (κ3) is 14.9. The van der Waals surface area contributed by atoms with Crippen LogP contribution in [-0.2, 0) is 46.5 Å². The number of piperazine rings is 2. The number of likely N-dealkylation sites (tertiary alicyclic amines) is 2. The molecular formula is C57H66Cl4N12O10S2. The largest absolute Gasteiger partial charge is 0.480 e. The average Bonchev–Trinajstić information content (AvgIpc) is 2.34. The first-order valence-corrected chi connectivity index (χ1v) is 30.9. The zero-order valence-corrected chi connectivity index (χ0v) is 52.6. The van der Waals surface area contributed by atoms with Crippen molar-refractivity contribution in [3.63, 3.8) is 0 Å². The quantitative estimate of drug-likeness (QED) is 0.0761. The first kappa shape index (κ1) is 62.8. The van der Waals surface area contributed by atoms with Crippen molar-refractivity contribution in [1.29, 1.82) is 0 Å². The summed E-state index contributed by atoms with van der Waals surface area (Å²) in [5.74, 6) is -0.354. The molecular weight excluding hydrogens is 1220 g/mol. The number of amides is 4. The van der Waals surface area contributed by atoms with Crippen molar-refractivity contribution in [2.45, 2.75) is 116 Å². The van der Waals surface area contributed by atoms with Gasteiger partial charge in [0.2, 0.25) is 23.7 Å². The van der Waals surface area contributed by atoms with E-state index in [0.717, 1.165) is 31.6 Å². The van der Waals surface area contributed by atoms with E-state index in [1.807, 2.05) is 39.9 Å². The van der Waals surface area contributed by atoms with Gasteiger partial charge in [0.15, 0.2) is 0 Å². The molecule has 6 aromatic rings. The fourth-order valence-electron chi connectivity index (χ4n) is 10.4. The molecule has 0 radical (unpaired) electrons. The maximum absolute atomic E-state index is 13.8. The number of hydrogen-bond donors (Lipinski definition) is 3. The van der Waals surface area contributed by atoms with E-state index >= 15 is 0 Å². The predicted molar refractivity (Wildman–Crippen MR) is 329 cm³/mol. The number of rotatable bonds is 12. The summed E-state index contributed by atoms with van der Waals surface area (Å²) in [6, 6.07) is 10.9. The van der Waals surface area contributed by atoms with Crippen LogP contribution < -0.4 is 20.4 Å². The smallest absolute Gasteiger partial charge is 0.410 e. The molecule has 4 fully saturated rings. The molecule has 0 saturated carbocycles. The van der Waals surface area contributed by atoms with Crippen molar-refractivity contribution >= 4 is 149 Å². The predicted octanol–water partition coefficient (Wildman–Crippen LogP) is 10.3. The van der Waals surface area contributed by atoms with Crippen molar-refractivity contribution in [3.05, 3.63) is 90.5 Å². The number of carbonyl (C=O) groups excluding carboxylic acids is 5. The number of anilines is 4. The van der Waals surface area contributed by atoms with Crippen LogP contribution in [0, 0.1) is 0 Å². The molecule has 4 aliphatic rings. The van der Waals surface area contributed by atoms with Crippen LogP contribution in [0.15, 0.2) is 59.3 Å². The standard InChI is InChI=1S/C29H34Cl2N6O5S.C28H32Cl2N6O5S/c1-29(2,3)42-28(40)37-10-5-6-21(37)25(38)36-12-11-35(16-22(36)26(39)41-4)27-33-20-9-13-43-23(20)24(34-27)32-15-17-7-8-18(30)14-19(17)31;1-28(2,3)41-27(40)36-9-4-5-20(36)24(37)35-11-10-34(15-21(35)25(38)39)26-32-19-8-12-42-22(19)23(33-26)31-14-16-6-7-17(29)13-18(16)30/h7-9,13-14,21-22H,5-6,10-12,15-16H2,1-4H3,(H,32,33,34);6-8,12-13,20-21H,4-5,9-11,14-15H2,1-3H3,(H,38,39)(H,31,32,33)/t21-,22?;20-,21?/m11/s1. The van der Waals surface area contributed by atoms with Crippen LogP contribution in [0.1, 0.15) is 78.4 Å². The molecule has 2 aromatic carbocycles. The summed E-state index contributed by atoms with van der Waals surface area (Å²) in [5, 5.41) is 22.9. The topological polar surface area (TPSA) is 245 Å². The van der Waals surface area contributed by atoms with Crippen LogP contribution >= 0.6 is 69.1 Å². The number of aliphatic carboxylic acids is 1. The maximum atomic E-state index is 13.8. The molecule has 4 aliphatic heterocycles. The number of nitrogens with zero attached hydrogens (tertiary/aromatic N) is 10. The molecule has 8 heterocycles. The highest BCUT2D eigenvalue weighted by Gasteiger charge is 2.46. The molecule has 28 heteroatoms. The Morgan fingerprint density at radius 1 is 0.576 bits per heavy atom. The van der Waals surface area contributed by atoms with Crippen LogP contribution in [0.3, 0.4) is 0 Å². The molecule has 10 rings (SSSR count). The summed E-state index contributed by atoms with van der Waals surface area (Å²) >= 11 is 27.8. The third-order valence-electron chi connectivity index (χ3n) is 14.5. The monoisotopic (exact) mass is 1280 g/mol. The minimum Gasteiger partial charge on any atom is -0.480 e. The lowest BCUT2D eigenvalue weighted by Gasteiger charge is -2.41. The molecule has 454 valence electrons. The van der Waals surface area contributed by atoms with Crippen molar-refractivity contribution in [2.75, 3.05) is 79.9 Å². The third-order valence-corrected chi connectivity index (χ3v) is 17.5. The zero-order chi connectivity index (χ0) is 61.1. The van der Waals surface area contributed by atoms with Gasteiger partial charge in [-0.2, -0.15) is 9.97 Å². The lowest BCUT2D eigenvalue weighted by atomic mass is 10.1. The summed E-state index contributed by atoms with van der Waals surface area (Å²) in [7, 11) is 1.30. The Kier molecular flexibility index (Phi) is 19.6. The summed E-state index contributed by atoms with van der Waals surface area (Å²) < 4.78 is 17.9. The van der Waals surface area contributed by atoms with Crippen molar-refractivity contribution in [3.8, 4) is 0 Å². The summed E-state index contributed by atoms with van der Waals surface area (Å²) in [6.45, 7) is 13.5. The fraction of sp³-hybridized carbons (Fsp3) is 0.474. The molecule has 0 aliphatic carbocycles. The summed E-state index contributed by atoms with van der Waals surface area (Å²) in [4.78, 5) is 107. The molecule has 4 saturated heterocycles. The number of esters is 1. The van der Waals surface area contributed by atoms with E-state index in [1.54, 1.807) is 70.7 Å². The number of benzene rings is 2. The van der Waals surface area contributed by atoms with E-state index in [1.165, 1.54) is 49.4 Å². The summed E-state index contributed by atoms with van der Waals surface area (Å²) in [5.41, 5.74) is 1.79. The van der Waals surface area contributed by atoms with Gasteiger partial charge in [-0.25, -0.2) is 29.1 Å². The van der Waals surface area contributed by atoms with Crippen molar-refractivity contribution < 1.29 is 48.1 Å². The molecule has 0 bridgehead atoms. The number of thiophene rings is 2. The minimum atomic E-state index is -1.14. The molecule has 3 N–H and O–H groups in total. The van der Waals surface area contributed by atoms with E-state index in [9.17, 15) is 33.9 Å². The number of fused-ring (bicyclic) bond motifs is 2. The fourth-order valence-corrected chi connectivity index (χ4v) is 13.0. The van der Waals surface area contributed by atoms with Gasteiger partial charge in [0, 0.05) is 72.4 Å². The van der Waals surface area contributed by atoms with Crippen LogP contribution in [0.5, 0.6) is 0 Å². The average molecular weight is 1290 g/mol. The van der Waals surface area contributed by atoms with Gasteiger partial charge < -0.3 is 49.6 Å². The second-order valence-corrected chi connectivity index (χ2v) is 26.2. The van der Waals surface area contributed by atoms with Gasteiger partial charge >= 0.3 is 24.1 Å². The van der Waals surface area contributed by atoms with E-state index in [4.69, 9.17) is 80.6 Å². The van der Waals surface area contributed by atoms with Gasteiger partial charge in [-0.15, -0.1) is 22.7 Å². The number of carbonyl (C=O) groups is 6. The summed E-state index contributed by atoms with van der Waals surface area (Å²) in [6.07, 6.45) is 1.16. The number of carboxylic acids is 1. The Hall–Kier alpha value is -6.70. The van der Waals surface area contributed by atoms with E-state index < -0.39 is 59.5 Å². The van der Waals surface area contributed by atoms with Crippen LogP contribution in [0.2, 0.25) is 20.1 Å². The minimum absolute atomic E-state index is 0.00166. The zero-order valence-electron chi connectivity index (χ0n) is 47.9. The number of ether oxygens (including phenoxy) is 3. The van der Waals surface area contributed by atoms with Crippen molar-refractivity contribution in [2.24, 2.45) is 0 Å². The molecule has 22 nitrogen and oxygen atoms in total. The first-order chi connectivity index (χ1) is 40.4. The van der Waals surface area contributed by atoms with Gasteiger partial charge in [0.1, 0.15) is 47.0 Å². The maximum Gasteiger partial charge on any atom is 0.410 e.